The van der Waals surface area contributed by atoms with E-state index in [1.807, 2.05) is 0 Å². The molecule has 7 heteroatoms. The maximum atomic E-state index is 13.5. The molecule has 140 valence electrons. The van der Waals surface area contributed by atoms with E-state index in [4.69, 9.17) is 14.2 Å². The summed E-state index contributed by atoms with van der Waals surface area (Å²) in [5, 5.41) is 0. The van der Waals surface area contributed by atoms with Gasteiger partial charge in [0.1, 0.15) is 11.6 Å². The summed E-state index contributed by atoms with van der Waals surface area (Å²) in [5.74, 6) is -2.02. The predicted molar refractivity (Wildman–Crippen MR) is 92.7 cm³/mol. The van der Waals surface area contributed by atoms with Gasteiger partial charge in [-0.3, -0.25) is 4.79 Å². The van der Waals surface area contributed by atoms with E-state index in [2.05, 4.69) is 0 Å². The topological polar surface area (TPSA) is 61.8 Å². The summed E-state index contributed by atoms with van der Waals surface area (Å²) in [6, 6.07) is 7.70. The summed E-state index contributed by atoms with van der Waals surface area (Å²) >= 11 is 0. The Kier molecular flexibility index (Phi) is 5.80. The lowest BCUT2D eigenvalue weighted by Crippen LogP contribution is -2.14. The maximum absolute atomic E-state index is 13.5. The van der Waals surface area contributed by atoms with Gasteiger partial charge in [-0.15, -0.1) is 0 Å². The van der Waals surface area contributed by atoms with Gasteiger partial charge in [-0.25, -0.2) is 13.6 Å². The zero-order chi connectivity index (χ0) is 19.2. The highest BCUT2D eigenvalue weighted by atomic mass is 19.1. The Balaban J connectivity index is 1.58. The minimum atomic E-state index is -0.875. The van der Waals surface area contributed by atoms with Crippen molar-refractivity contribution in [1.82, 2.24) is 0 Å². The summed E-state index contributed by atoms with van der Waals surface area (Å²) in [6.45, 7) is 0.431. The molecule has 0 radical (unpaired) electrons. The van der Waals surface area contributed by atoms with Crippen molar-refractivity contribution in [3.63, 3.8) is 0 Å². The monoisotopic (exact) mass is 374 g/mol. The maximum Gasteiger partial charge on any atom is 0.331 e. The number of hydrogen-bond acceptors (Lipinski definition) is 5. The van der Waals surface area contributed by atoms with Crippen LogP contribution in [-0.2, 0) is 9.53 Å². The normalized spacial score (nSPS) is 13.3. The first-order valence-corrected chi connectivity index (χ1v) is 8.25. The fourth-order valence-corrected chi connectivity index (χ4v) is 2.42. The standard InChI is InChI=1S/C20H16F2O5/c21-14-4-5-16(22)15(11-14)17(23)12-27-20(24)7-3-13-2-6-18-19(10-13)26-9-1-8-25-18/h2-7,10-11H,1,8-9,12H2/b7-3+. The molecule has 0 unspecified atom stereocenters. The van der Waals surface area contributed by atoms with Gasteiger partial charge >= 0.3 is 5.97 Å². The van der Waals surface area contributed by atoms with Gasteiger partial charge in [0.05, 0.1) is 18.8 Å². The van der Waals surface area contributed by atoms with E-state index in [9.17, 15) is 18.4 Å². The molecule has 0 saturated heterocycles. The average molecular weight is 374 g/mol. The second-order valence-corrected chi connectivity index (χ2v) is 5.75. The van der Waals surface area contributed by atoms with Crippen LogP contribution in [0.4, 0.5) is 8.78 Å². The number of rotatable bonds is 5. The minimum absolute atomic E-state index is 0.463. The van der Waals surface area contributed by atoms with Crippen LogP contribution in [0, 0.1) is 11.6 Å². The summed E-state index contributed by atoms with van der Waals surface area (Å²) < 4.78 is 42.5. The highest BCUT2D eigenvalue weighted by molar-refractivity contribution is 5.99. The Hall–Kier alpha value is -3.22. The number of esters is 1. The third-order valence-electron chi connectivity index (χ3n) is 3.76. The molecule has 0 aromatic heterocycles. The van der Waals surface area contributed by atoms with Gasteiger partial charge in [-0.2, -0.15) is 0 Å². The molecule has 0 spiro atoms. The van der Waals surface area contributed by atoms with Crippen molar-refractivity contribution in [1.29, 1.82) is 0 Å². The molecule has 3 rings (SSSR count). The average Bonchev–Trinajstić information content (AvgIpc) is 2.91. The number of halogens is 2. The molecule has 2 aromatic carbocycles. The van der Waals surface area contributed by atoms with E-state index in [0.29, 0.717) is 30.3 Å². The van der Waals surface area contributed by atoms with Crippen LogP contribution in [0.25, 0.3) is 6.08 Å². The van der Waals surface area contributed by atoms with Gasteiger partial charge in [-0.05, 0) is 42.0 Å². The van der Waals surface area contributed by atoms with Crippen LogP contribution in [0.5, 0.6) is 11.5 Å². The van der Waals surface area contributed by atoms with Crippen LogP contribution in [-0.4, -0.2) is 31.6 Å². The number of ether oxygens (including phenoxy) is 3. The van der Waals surface area contributed by atoms with Gasteiger partial charge in [0.2, 0.25) is 5.78 Å². The molecular weight excluding hydrogens is 358 g/mol. The quantitative estimate of drug-likeness (QED) is 0.455. The number of ketones is 1. The first-order valence-electron chi connectivity index (χ1n) is 8.25. The van der Waals surface area contributed by atoms with Crippen LogP contribution in [0.2, 0.25) is 0 Å². The molecule has 0 aliphatic carbocycles. The SMILES string of the molecule is O=C(/C=C/c1ccc2c(c1)OCCCO2)OCC(=O)c1cc(F)ccc1F. The molecule has 0 amide bonds. The molecule has 5 nitrogen and oxygen atoms in total. The Bertz CT molecular complexity index is 892. The Morgan fingerprint density at radius 1 is 1.04 bits per heavy atom. The third-order valence-corrected chi connectivity index (χ3v) is 3.76. The second kappa shape index (κ2) is 8.44. The molecule has 0 saturated carbocycles. The zero-order valence-corrected chi connectivity index (χ0v) is 14.2. The molecule has 27 heavy (non-hydrogen) atoms. The highest BCUT2D eigenvalue weighted by Crippen LogP contribution is 2.30. The molecule has 0 bridgehead atoms. The second-order valence-electron chi connectivity index (χ2n) is 5.75. The Labute approximate surface area is 154 Å². The van der Waals surface area contributed by atoms with Gasteiger partial charge in [0.15, 0.2) is 18.1 Å². The van der Waals surface area contributed by atoms with E-state index < -0.39 is 35.6 Å². The molecule has 0 fully saturated rings. The van der Waals surface area contributed by atoms with E-state index in [-0.39, 0.29) is 0 Å². The van der Waals surface area contributed by atoms with Gasteiger partial charge in [0.25, 0.3) is 0 Å². The smallest absolute Gasteiger partial charge is 0.331 e. The van der Waals surface area contributed by atoms with Crippen molar-refractivity contribution in [3.8, 4) is 11.5 Å². The Morgan fingerprint density at radius 3 is 2.63 bits per heavy atom. The van der Waals surface area contributed by atoms with Gasteiger partial charge in [0, 0.05) is 12.5 Å². The van der Waals surface area contributed by atoms with E-state index >= 15 is 0 Å². The van der Waals surface area contributed by atoms with Crippen LogP contribution in [0.3, 0.4) is 0 Å². The van der Waals surface area contributed by atoms with Crippen molar-refractivity contribution in [2.75, 3.05) is 19.8 Å². The first-order chi connectivity index (χ1) is 13.0. The van der Waals surface area contributed by atoms with Crippen molar-refractivity contribution in [2.45, 2.75) is 6.42 Å². The summed E-state index contributed by atoms with van der Waals surface area (Å²) in [5.41, 5.74) is 0.216. The van der Waals surface area contributed by atoms with E-state index in [1.54, 1.807) is 18.2 Å². The zero-order valence-electron chi connectivity index (χ0n) is 14.2. The number of hydrogen-bond donors (Lipinski definition) is 0. The summed E-state index contributed by atoms with van der Waals surface area (Å²) in [4.78, 5) is 23.6. The van der Waals surface area contributed by atoms with Crippen molar-refractivity contribution >= 4 is 17.8 Å². The lowest BCUT2D eigenvalue weighted by molar-refractivity contribution is -0.136. The Morgan fingerprint density at radius 2 is 1.81 bits per heavy atom. The number of carbonyl (C=O) groups is 2. The van der Waals surface area contributed by atoms with Crippen LogP contribution >= 0.6 is 0 Å². The lowest BCUT2D eigenvalue weighted by atomic mass is 10.1. The molecule has 0 N–H and O–H groups in total. The summed E-state index contributed by atoms with van der Waals surface area (Å²) in [7, 11) is 0. The van der Waals surface area contributed by atoms with Gasteiger partial charge < -0.3 is 14.2 Å². The third kappa shape index (κ3) is 4.91. The van der Waals surface area contributed by atoms with Crippen LogP contribution in [0.1, 0.15) is 22.3 Å². The number of benzene rings is 2. The minimum Gasteiger partial charge on any atom is -0.490 e. The largest absolute Gasteiger partial charge is 0.490 e. The number of fused-ring (bicyclic) bond motifs is 1. The summed E-state index contributed by atoms with van der Waals surface area (Å²) in [6.07, 6.45) is 3.41. The molecule has 1 heterocycles. The van der Waals surface area contributed by atoms with Crippen molar-refractivity contribution in [2.24, 2.45) is 0 Å². The van der Waals surface area contributed by atoms with Gasteiger partial charge in [-0.1, -0.05) is 6.07 Å². The van der Waals surface area contributed by atoms with Crippen LogP contribution in [0.15, 0.2) is 42.5 Å². The molecule has 2 aromatic rings. The van der Waals surface area contributed by atoms with E-state index in [0.717, 1.165) is 30.7 Å². The fourth-order valence-electron chi connectivity index (χ4n) is 2.42. The molecular formula is C20H16F2O5. The first kappa shape index (κ1) is 18.6. The van der Waals surface area contributed by atoms with Crippen molar-refractivity contribution < 1.29 is 32.6 Å². The highest BCUT2D eigenvalue weighted by Gasteiger charge is 2.14. The van der Waals surface area contributed by atoms with E-state index in [1.165, 1.54) is 6.08 Å². The fraction of sp³-hybridized carbons (Fsp3) is 0.200. The predicted octanol–water partition coefficient (Wildman–Crippen LogP) is 3.57. The number of carbonyl (C=O) groups excluding carboxylic acids is 2. The lowest BCUT2D eigenvalue weighted by Gasteiger charge is -2.07. The van der Waals surface area contributed by atoms with Crippen LogP contribution < -0.4 is 9.47 Å². The molecule has 1 aliphatic heterocycles. The number of Topliss-reactive ketones (excluding diaryl/α,β-unsaturated/α-hetero) is 1. The molecule has 1 aliphatic rings. The van der Waals surface area contributed by atoms with Crippen molar-refractivity contribution in [3.05, 3.63) is 65.2 Å². The molecule has 0 atom stereocenters.